The number of anilines is 1. The molecule has 0 aliphatic carbocycles. The summed E-state index contributed by atoms with van der Waals surface area (Å²) in [4.78, 5) is 17.1. The van der Waals surface area contributed by atoms with E-state index in [1.807, 2.05) is 0 Å². The molecule has 1 aliphatic heterocycles. The Morgan fingerprint density at radius 3 is 3.00 bits per heavy atom. The maximum absolute atomic E-state index is 10.6. The Morgan fingerprint density at radius 2 is 2.38 bits per heavy atom. The second-order valence-electron chi connectivity index (χ2n) is 4.07. The lowest BCUT2D eigenvalue weighted by molar-refractivity contribution is 0.112. The van der Waals surface area contributed by atoms with Crippen molar-refractivity contribution in [1.29, 1.82) is 0 Å². The zero-order valence-corrected chi connectivity index (χ0v) is 9.31. The number of aldehydes is 1. The van der Waals surface area contributed by atoms with Gasteiger partial charge in [-0.25, -0.2) is 0 Å². The molecular formula is C12H15N3O. The van der Waals surface area contributed by atoms with E-state index < -0.39 is 0 Å². The zero-order valence-electron chi connectivity index (χ0n) is 9.31. The summed E-state index contributed by atoms with van der Waals surface area (Å²) in [7, 11) is 2.08. The predicted octanol–water partition coefficient (Wildman–Crippen LogP) is 1.20. The first kappa shape index (κ1) is 10.8. The van der Waals surface area contributed by atoms with Crippen LogP contribution in [-0.4, -0.2) is 36.3 Å². The third-order valence-electron chi connectivity index (χ3n) is 2.77. The van der Waals surface area contributed by atoms with Gasteiger partial charge in [0.15, 0.2) is 6.29 Å². The summed E-state index contributed by atoms with van der Waals surface area (Å²) in [6.07, 6.45) is 5.48. The zero-order chi connectivity index (χ0) is 11.5. The Bertz CT molecular complexity index is 440. The Kier molecular flexibility index (Phi) is 3.01. The van der Waals surface area contributed by atoms with Crippen LogP contribution in [0, 0.1) is 0 Å². The lowest BCUT2D eigenvalue weighted by atomic mass is 10.1. The van der Waals surface area contributed by atoms with Crippen LogP contribution in [0.5, 0.6) is 0 Å². The molecule has 2 heterocycles. The average molecular weight is 217 g/mol. The van der Waals surface area contributed by atoms with Crippen molar-refractivity contribution in [1.82, 2.24) is 9.88 Å². The van der Waals surface area contributed by atoms with Crippen LogP contribution in [0.15, 0.2) is 18.3 Å². The van der Waals surface area contributed by atoms with Gasteiger partial charge in [0, 0.05) is 25.0 Å². The third kappa shape index (κ3) is 2.12. The molecule has 1 aliphatic rings. The SMILES string of the molecule is CN1CCC=C(c2cc(N)c(C=O)cn2)C1. The summed E-state index contributed by atoms with van der Waals surface area (Å²) in [6.45, 7) is 1.96. The highest BCUT2D eigenvalue weighted by atomic mass is 16.1. The number of aromatic nitrogens is 1. The molecule has 4 nitrogen and oxygen atoms in total. The summed E-state index contributed by atoms with van der Waals surface area (Å²) in [5.41, 5.74) is 8.76. The van der Waals surface area contributed by atoms with E-state index >= 15 is 0 Å². The van der Waals surface area contributed by atoms with Crippen LogP contribution in [-0.2, 0) is 0 Å². The predicted molar refractivity (Wildman–Crippen MR) is 64.1 cm³/mol. The van der Waals surface area contributed by atoms with Crippen LogP contribution in [0.25, 0.3) is 5.57 Å². The number of nitrogens with zero attached hydrogens (tertiary/aromatic N) is 2. The number of nitrogens with two attached hydrogens (primary N) is 1. The second kappa shape index (κ2) is 4.45. The second-order valence-corrected chi connectivity index (χ2v) is 4.07. The number of likely N-dealkylation sites (N-methyl/N-ethyl adjacent to an activating group) is 1. The van der Waals surface area contributed by atoms with E-state index in [2.05, 4.69) is 23.0 Å². The number of hydrogen-bond acceptors (Lipinski definition) is 4. The van der Waals surface area contributed by atoms with E-state index in [0.29, 0.717) is 11.3 Å². The van der Waals surface area contributed by atoms with Crippen LogP contribution >= 0.6 is 0 Å². The summed E-state index contributed by atoms with van der Waals surface area (Å²) >= 11 is 0. The van der Waals surface area contributed by atoms with Gasteiger partial charge in [0.1, 0.15) is 0 Å². The Morgan fingerprint density at radius 1 is 1.56 bits per heavy atom. The molecule has 1 aromatic heterocycles. The minimum Gasteiger partial charge on any atom is -0.398 e. The Balaban J connectivity index is 2.31. The minimum atomic E-state index is 0.452. The van der Waals surface area contributed by atoms with E-state index in [1.54, 1.807) is 6.07 Å². The molecule has 0 atom stereocenters. The fourth-order valence-electron chi connectivity index (χ4n) is 1.83. The summed E-state index contributed by atoms with van der Waals surface area (Å²) in [5, 5.41) is 0. The molecule has 0 fully saturated rings. The molecule has 0 bridgehead atoms. The highest BCUT2D eigenvalue weighted by Crippen LogP contribution is 2.20. The fraction of sp³-hybridized carbons (Fsp3) is 0.333. The van der Waals surface area contributed by atoms with Crippen molar-refractivity contribution in [2.75, 3.05) is 25.9 Å². The molecule has 4 heteroatoms. The lowest BCUT2D eigenvalue weighted by Crippen LogP contribution is -2.25. The molecule has 0 aromatic carbocycles. The van der Waals surface area contributed by atoms with Gasteiger partial charge in [-0.05, 0) is 25.1 Å². The van der Waals surface area contributed by atoms with Crippen molar-refractivity contribution in [2.45, 2.75) is 6.42 Å². The monoisotopic (exact) mass is 217 g/mol. The summed E-state index contributed by atoms with van der Waals surface area (Å²) in [5.74, 6) is 0. The fourth-order valence-corrected chi connectivity index (χ4v) is 1.83. The highest BCUT2D eigenvalue weighted by molar-refractivity contribution is 5.84. The normalized spacial score (nSPS) is 16.9. The maximum Gasteiger partial charge on any atom is 0.153 e. The van der Waals surface area contributed by atoms with E-state index in [1.165, 1.54) is 11.8 Å². The molecule has 0 unspecified atom stereocenters. The van der Waals surface area contributed by atoms with Gasteiger partial charge >= 0.3 is 0 Å². The van der Waals surface area contributed by atoms with Gasteiger partial charge in [0.05, 0.1) is 11.3 Å². The van der Waals surface area contributed by atoms with Crippen LogP contribution in [0.2, 0.25) is 0 Å². The standard InChI is InChI=1S/C12H15N3O/c1-15-4-2-3-9(7-15)12-5-11(13)10(8-16)6-14-12/h3,5-6,8H,2,4,7H2,1H3,(H2,13,14). The first-order chi connectivity index (χ1) is 7.70. The molecule has 0 saturated carbocycles. The van der Waals surface area contributed by atoms with E-state index in [-0.39, 0.29) is 0 Å². The van der Waals surface area contributed by atoms with Crippen LogP contribution in [0.1, 0.15) is 22.5 Å². The van der Waals surface area contributed by atoms with Crippen molar-refractivity contribution < 1.29 is 4.79 Å². The highest BCUT2D eigenvalue weighted by Gasteiger charge is 2.12. The van der Waals surface area contributed by atoms with Crippen LogP contribution in [0.4, 0.5) is 5.69 Å². The largest absolute Gasteiger partial charge is 0.398 e. The van der Waals surface area contributed by atoms with Gasteiger partial charge in [-0.1, -0.05) is 6.08 Å². The first-order valence-electron chi connectivity index (χ1n) is 5.29. The minimum absolute atomic E-state index is 0.452. The molecule has 0 spiro atoms. The van der Waals surface area contributed by atoms with Gasteiger partial charge in [-0.3, -0.25) is 9.78 Å². The van der Waals surface area contributed by atoms with Crippen molar-refractivity contribution in [3.63, 3.8) is 0 Å². The Hall–Kier alpha value is -1.68. The van der Waals surface area contributed by atoms with Crippen molar-refractivity contribution in [2.24, 2.45) is 0 Å². The molecule has 1 aromatic rings. The van der Waals surface area contributed by atoms with Gasteiger partial charge in [0.2, 0.25) is 0 Å². The first-order valence-corrected chi connectivity index (χ1v) is 5.29. The number of pyridine rings is 1. The van der Waals surface area contributed by atoms with Crippen molar-refractivity contribution in [3.8, 4) is 0 Å². The molecule has 0 amide bonds. The van der Waals surface area contributed by atoms with E-state index in [0.717, 1.165) is 31.5 Å². The van der Waals surface area contributed by atoms with Crippen LogP contribution in [0.3, 0.4) is 0 Å². The summed E-state index contributed by atoms with van der Waals surface area (Å²) in [6, 6.07) is 1.77. The van der Waals surface area contributed by atoms with E-state index in [9.17, 15) is 4.79 Å². The Labute approximate surface area is 94.8 Å². The van der Waals surface area contributed by atoms with Gasteiger partial charge < -0.3 is 10.6 Å². The molecular weight excluding hydrogens is 202 g/mol. The topological polar surface area (TPSA) is 59.2 Å². The molecule has 2 N–H and O–H groups in total. The van der Waals surface area contributed by atoms with E-state index in [4.69, 9.17) is 5.73 Å². The van der Waals surface area contributed by atoms with Crippen molar-refractivity contribution >= 4 is 17.5 Å². The third-order valence-corrected chi connectivity index (χ3v) is 2.77. The average Bonchev–Trinajstić information content (AvgIpc) is 2.29. The number of carbonyl (C=O) groups is 1. The van der Waals surface area contributed by atoms with Gasteiger partial charge in [0.25, 0.3) is 0 Å². The van der Waals surface area contributed by atoms with Gasteiger partial charge in [-0.2, -0.15) is 0 Å². The molecule has 16 heavy (non-hydrogen) atoms. The number of carbonyl (C=O) groups excluding carboxylic acids is 1. The van der Waals surface area contributed by atoms with Crippen LogP contribution < -0.4 is 5.73 Å². The van der Waals surface area contributed by atoms with Crippen molar-refractivity contribution in [3.05, 3.63) is 29.6 Å². The number of hydrogen-bond donors (Lipinski definition) is 1. The molecule has 84 valence electrons. The van der Waals surface area contributed by atoms with Gasteiger partial charge in [-0.15, -0.1) is 0 Å². The summed E-state index contributed by atoms with van der Waals surface area (Å²) < 4.78 is 0. The number of rotatable bonds is 2. The lowest BCUT2D eigenvalue weighted by Gasteiger charge is -2.22. The molecule has 2 rings (SSSR count). The molecule has 0 saturated heterocycles. The quantitative estimate of drug-likeness (QED) is 0.756. The number of nitrogen functional groups attached to an aromatic ring is 1. The maximum atomic E-state index is 10.6. The smallest absolute Gasteiger partial charge is 0.153 e. The molecule has 0 radical (unpaired) electrons.